The fourth-order valence-electron chi connectivity index (χ4n) is 3.17. The molecule has 0 aliphatic heterocycles. The van der Waals surface area contributed by atoms with Crippen LogP contribution in [0.3, 0.4) is 0 Å². The zero-order chi connectivity index (χ0) is 19.0. The Morgan fingerprint density at radius 3 is 2.19 bits per heavy atom. The summed E-state index contributed by atoms with van der Waals surface area (Å²) < 4.78 is 2.29. The molecule has 0 bridgehead atoms. The van der Waals surface area contributed by atoms with Crippen molar-refractivity contribution in [2.24, 2.45) is 14.1 Å². The number of benzene rings is 1. The van der Waals surface area contributed by atoms with Gasteiger partial charge in [-0.1, -0.05) is 0 Å². The quantitative estimate of drug-likeness (QED) is 0.725. The molecule has 0 radical (unpaired) electrons. The molecule has 0 aliphatic carbocycles. The molecular weight excluding hydrogens is 334 g/mol. The standard InChI is InChI=1S/C18H21N5O3/c1-5-23(6-2)12-9-7-11(8-10-12)14-13-15(20-17(25)19-14)21(3)18(26)22(4)16(13)24/h7-10H,5-6H2,1-4H3,(H,19,20,25)/p+1. The highest BCUT2D eigenvalue weighted by atomic mass is 16.2. The van der Waals surface area contributed by atoms with Crippen LogP contribution in [-0.2, 0) is 14.1 Å². The molecule has 0 unspecified atom stereocenters. The van der Waals surface area contributed by atoms with Gasteiger partial charge >= 0.3 is 11.4 Å². The van der Waals surface area contributed by atoms with Crippen LogP contribution in [0.15, 0.2) is 38.6 Å². The molecule has 8 heteroatoms. The third-order valence-corrected chi connectivity index (χ3v) is 4.67. The molecule has 2 N–H and O–H groups in total. The van der Waals surface area contributed by atoms with E-state index in [1.165, 1.54) is 18.7 Å². The maximum atomic E-state index is 12.7. The zero-order valence-corrected chi connectivity index (χ0v) is 15.3. The second-order valence-corrected chi connectivity index (χ2v) is 6.10. The van der Waals surface area contributed by atoms with Crippen LogP contribution in [0.5, 0.6) is 0 Å². The van der Waals surface area contributed by atoms with Crippen LogP contribution in [0.1, 0.15) is 13.8 Å². The first-order valence-corrected chi connectivity index (χ1v) is 8.49. The summed E-state index contributed by atoms with van der Waals surface area (Å²) in [4.78, 5) is 44.3. The van der Waals surface area contributed by atoms with E-state index in [0.717, 1.165) is 23.3 Å². The lowest BCUT2D eigenvalue weighted by Crippen LogP contribution is -2.43. The van der Waals surface area contributed by atoms with Gasteiger partial charge in [-0.25, -0.2) is 28.7 Å². The van der Waals surface area contributed by atoms with E-state index in [4.69, 9.17) is 0 Å². The summed E-state index contributed by atoms with van der Waals surface area (Å²) in [5.74, 6) is 0. The third-order valence-electron chi connectivity index (χ3n) is 4.67. The Hall–Kier alpha value is -3.16. The highest BCUT2D eigenvalue weighted by Crippen LogP contribution is 2.23. The van der Waals surface area contributed by atoms with Crippen molar-refractivity contribution in [2.75, 3.05) is 18.0 Å². The number of aryl methyl sites for hydroxylation is 1. The van der Waals surface area contributed by atoms with Crippen LogP contribution in [0.25, 0.3) is 22.3 Å². The Kier molecular flexibility index (Phi) is 4.50. The summed E-state index contributed by atoms with van der Waals surface area (Å²) in [6.45, 7) is 5.94. The number of H-pyrrole nitrogens is 2. The second kappa shape index (κ2) is 6.62. The Labute approximate surface area is 149 Å². The first-order valence-electron chi connectivity index (χ1n) is 8.49. The first-order chi connectivity index (χ1) is 12.4. The predicted molar refractivity (Wildman–Crippen MR) is 101 cm³/mol. The third kappa shape index (κ3) is 2.73. The number of anilines is 1. The molecule has 2 heterocycles. The van der Waals surface area contributed by atoms with Crippen molar-refractivity contribution < 1.29 is 4.98 Å². The molecule has 1 aromatic carbocycles. The van der Waals surface area contributed by atoms with Crippen molar-refractivity contribution in [3.8, 4) is 11.3 Å². The van der Waals surface area contributed by atoms with Crippen LogP contribution in [-0.4, -0.2) is 27.2 Å². The van der Waals surface area contributed by atoms with Gasteiger partial charge in [-0.05, 0) is 38.1 Å². The Balaban J connectivity index is 2.31. The number of hydrogen-bond acceptors (Lipinski definition) is 4. The molecule has 0 saturated heterocycles. The minimum atomic E-state index is -0.493. The summed E-state index contributed by atoms with van der Waals surface area (Å²) in [5.41, 5.74) is 0.922. The smallest absolute Gasteiger partial charge is 0.372 e. The fourth-order valence-corrected chi connectivity index (χ4v) is 3.17. The number of hydrogen-bond donors (Lipinski definition) is 1. The Bertz CT molecular complexity index is 1130. The average molecular weight is 356 g/mol. The van der Waals surface area contributed by atoms with Gasteiger partial charge in [0.05, 0.1) is 7.05 Å². The molecule has 0 atom stereocenters. The molecule has 0 amide bonds. The normalized spacial score (nSPS) is 11.1. The number of rotatable bonds is 4. The molecule has 0 spiro atoms. The Morgan fingerprint density at radius 1 is 1.00 bits per heavy atom. The van der Waals surface area contributed by atoms with E-state index in [1.807, 2.05) is 24.3 Å². The molecule has 3 aromatic rings. The maximum Gasteiger partial charge on any atom is 0.439 e. The lowest BCUT2D eigenvalue weighted by Gasteiger charge is -2.21. The van der Waals surface area contributed by atoms with Gasteiger partial charge in [0.1, 0.15) is 5.69 Å². The molecule has 2 aromatic heterocycles. The highest BCUT2D eigenvalue weighted by Gasteiger charge is 2.21. The fraction of sp³-hybridized carbons (Fsp3) is 0.333. The molecular formula is C18H22N5O3+. The van der Waals surface area contributed by atoms with Crippen LogP contribution in [0.4, 0.5) is 5.69 Å². The lowest BCUT2D eigenvalue weighted by atomic mass is 10.1. The monoisotopic (exact) mass is 356 g/mol. The van der Waals surface area contributed by atoms with E-state index < -0.39 is 16.9 Å². The van der Waals surface area contributed by atoms with E-state index in [9.17, 15) is 14.4 Å². The number of nitrogens with one attached hydrogen (secondary N) is 2. The summed E-state index contributed by atoms with van der Waals surface area (Å²) in [6.07, 6.45) is 0. The van der Waals surface area contributed by atoms with Crippen LogP contribution < -0.4 is 26.8 Å². The van der Waals surface area contributed by atoms with Gasteiger partial charge in [-0.3, -0.25) is 4.79 Å². The number of fused-ring (bicyclic) bond motifs is 1. The average Bonchev–Trinajstić information content (AvgIpc) is 2.65. The largest absolute Gasteiger partial charge is 0.439 e. The lowest BCUT2D eigenvalue weighted by molar-refractivity contribution is -0.374. The Morgan fingerprint density at radius 2 is 1.62 bits per heavy atom. The van der Waals surface area contributed by atoms with Crippen molar-refractivity contribution >= 4 is 16.7 Å². The van der Waals surface area contributed by atoms with Crippen LogP contribution >= 0.6 is 0 Å². The first kappa shape index (κ1) is 17.7. The molecule has 0 saturated carbocycles. The predicted octanol–water partition coefficient (Wildman–Crippen LogP) is 0.253. The molecule has 0 fully saturated rings. The van der Waals surface area contributed by atoms with Gasteiger partial charge in [0.15, 0.2) is 5.39 Å². The van der Waals surface area contributed by atoms with E-state index >= 15 is 0 Å². The minimum absolute atomic E-state index is 0.199. The van der Waals surface area contributed by atoms with Crippen molar-refractivity contribution in [1.82, 2.24) is 14.1 Å². The van der Waals surface area contributed by atoms with E-state index in [0.29, 0.717) is 11.3 Å². The summed E-state index contributed by atoms with van der Waals surface area (Å²) >= 11 is 0. The maximum absolute atomic E-state index is 12.7. The highest BCUT2D eigenvalue weighted by molar-refractivity contribution is 5.88. The number of nitrogens with zero attached hydrogens (tertiary/aromatic N) is 3. The minimum Gasteiger partial charge on any atom is -0.372 e. The number of aromatic amines is 2. The molecule has 0 aliphatic rings. The molecule has 26 heavy (non-hydrogen) atoms. The van der Waals surface area contributed by atoms with Crippen molar-refractivity contribution in [2.45, 2.75) is 13.8 Å². The second-order valence-electron chi connectivity index (χ2n) is 6.10. The van der Waals surface area contributed by atoms with E-state index in [-0.39, 0.29) is 11.0 Å². The summed E-state index contributed by atoms with van der Waals surface area (Å²) in [7, 11) is 2.94. The summed E-state index contributed by atoms with van der Waals surface area (Å²) in [5, 5.41) is 0.268. The van der Waals surface area contributed by atoms with Crippen molar-refractivity contribution in [3.05, 3.63) is 55.6 Å². The van der Waals surface area contributed by atoms with Gasteiger partial charge < -0.3 is 4.90 Å². The SMILES string of the molecule is CCN(CC)c1ccc(-c2[nH]c(=O)[nH+]c3c2c(=O)n(C)c(=O)n3C)cc1. The van der Waals surface area contributed by atoms with Gasteiger partial charge in [0.25, 0.3) is 5.56 Å². The van der Waals surface area contributed by atoms with Gasteiger partial charge in [0, 0.05) is 31.4 Å². The van der Waals surface area contributed by atoms with Gasteiger partial charge in [-0.15, -0.1) is 0 Å². The van der Waals surface area contributed by atoms with E-state index in [1.54, 1.807) is 0 Å². The van der Waals surface area contributed by atoms with Crippen molar-refractivity contribution in [3.63, 3.8) is 0 Å². The number of aromatic nitrogens is 4. The van der Waals surface area contributed by atoms with E-state index in [2.05, 4.69) is 28.7 Å². The molecule has 136 valence electrons. The van der Waals surface area contributed by atoms with Crippen molar-refractivity contribution in [1.29, 1.82) is 0 Å². The topological polar surface area (TPSA) is 94.2 Å². The van der Waals surface area contributed by atoms with Gasteiger partial charge in [0.2, 0.25) is 5.65 Å². The van der Waals surface area contributed by atoms with Crippen LogP contribution in [0, 0.1) is 0 Å². The van der Waals surface area contributed by atoms with Gasteiger partial charge in [-0.2, -0.15) is 0 Å². The zero-order valence-electron chi connectivity index (χ0n) is 15.3. The summed E-state index contributed by atoms with van der Waals surface area (Å²) in [6, 6.07) is 7.64. The van der Waals surface area contributed by atoms with Crippen LogP contribution in [0.2, 0.25) is 0 Å². The molecule has 8 nitrogen and oxygen atoms in total. The molecule has 3 rings (SSSR count).